The SMILES string of the molecule is CCNC(=NCC(=O)Nc1ccc(F)c(F)c1F)NC1CC1C.I. The van der Waals surface area contributed by atoms with Crippen molar-refractivity contribution >= 4 is 41.5 Å². The van der Waals surface area contributed by atoms with E-state index in [1.807, 2.05) is 6.92 Å². The molecule has 0 bridgehead atoms. The Hall–Kier alpha value is -1.52. The molecule has 0 aliphatic heterocycles. The van der Waals surface area contributed by atoms with Crippen molar-refractivity contribution in [3.63, 3.8) is 0 Å². The van der Waals surface area contributed by atoms with E-state index in [1.54, 1.807) is 0 Å². The highest BCUT2D eigenvalue weighted by atomic mass is 127. The lowest BCUT2D eigenvalue weighted by molar-refractivity contribution is -0.114. The van der Waals surface area contributed by atoms with Gasteiger partial charge in [-0.15, -0.1) is 24.0 Å². The van der Waals surface area contributed by atoms with E-state index in [2.05, 4.69) is 27.9 Å². The number of hydrogen-bond acceptors (Lipinski definition) is 2. The van der Waals surface area contributed by atoms with Crippen LogP contribution in [0.3, 0.4) is 0 Å². The van der Waals surface area contributed by atoms with E-state index in [0.29, 0.717) is 24.5 Å². The molecule has 1 amide bonds. The highest BCUT2D eigenvalue weighted by Gasteiger charge is 2.33. The summed E-state index contributed by atoms with van der Waals surface area (Å²) in [6.07, 6.45) is 1.04. The Kier molecular flexibility index (Phi) is 7.77. The minimum atomic E-state index is -1.62. The van der Waals surface area contributed by atoms with E-state index >= 15 is 0 Å². The van der Waals surface area contributed by atoms with Gasteiger partial charge in [0.15, 0.2) is 23.4 Å². The van der Waals surface area contributed by atoms with Crippen LogP contribution in [0.15, 0.2) is 17.1 Å². The van der Waals surface area contributed by atoms with Crippen molar-refractivity contribution in [2.75, 3.05) is 18.4 Å². The molecule has 2 rings (SSSR count). The van der Waals surface area contributed by atoms with Crippen molar-refractivity contribution < 1.29 is 18.0 Å². The van der Waals surface area contributed by atoms with Gasteiger partial charge in [0.25, 0.3) is 0 Å². The second kappa shape index (κ2) is 9.09. The maximum absolute atomic E-state index is 13.5. The van der Waals surface area contributed by atoms with Gasteiger partial charge in [-0.1, -0.05) is 6.92 Å². The lowest BCUT2D eigenvalue weighted by Gasteiger charge is -2.11. The van der Waals surface area contributed by atoms with Gasteiger partial charge in [0.2, 0.25) is 5.91 Å². The minimum Gasteiger partial charge on any atom is -0.357 e. The summed E-state index contributed by atoms with van der Waals surface area (Å²) in [5.74, 6) is -3.94. The van der Waals surface area contributed by atoms with Crippen LogP contribution < -0.4 is 16.0 Å². The topological polar surface area (TPSA) is 65.5 Å². The molecule has 0 aromatic heterocycles. The first-order chi connectivity index (χ1) is 10.9. The maximum atomic E-state index is 13.5. The zero-order chi connectivity index (χ0) is 17.0. The van der Waals surface area contributed by atoms with Crippen molar-refractivity contribution in [2.45, 2.75) is 26.3 Å². The smallest absolute Gasteiger partial charge is 0.246 e. The molecule has 0 saturated heterocycles. The molecular weight excluding hydrogens is 436 g/mol. The first kappa shape index (κ1) is 20.5. The molecule has 3 N–H and O–H groups in total. The molecule has 0 heterocycles. The number of guanidine groups is 1. The fourth-order valence-corrected chi connectivity index (χ4v) is 1.98. The van der Waals surface area contributed by atoms with Crippen LogP contribution in [0.4, 0.5) is 18.9 Å². The lowest BCUT2D eigenvalue weighted by atomic mass is 10.3. The lowest BCUT2D eigenvalue weighted by Crippen LogP contribution is -2.39. The van der Waals surface area contributed by atoms with Crippen LogP contribution in [0, 0.1) is 23.4 Å². The predicted molar refractivity (Wildman–Crippen MR) is 97.0 cm³/mol. The summed E-state index contributed by atoms with van der Waals surface area (Å²) in [4.78, 5) is 15.9. The van der Waals surface area contributed by atoms with Gasteiger partial charge in [-0.3, -0.25) is 4.79 Å². The molecule has 1 aliphatic rings. The predicted octanol–water partition coefficient (Wildman–Crippen LogP) is 2.62. The van der Waals surface area contributed by atoms with E-state index in [0.717, 1.165) is 18.6 Å². The van der Waals surface area contributed by atoms with Crippen LogP contribution in [-0.4, -0.2) is 31.0 Å². The molecule has 1 saturated carbocycles. The van der Waals surface area contributed by atoms with E-state index in [4.69, 9.17) is 0 Å². The van der Waals surface area contributed by atoms with Gasteiger partial charge in [0.1, 0.15) is 6.54 Å². The van der Waals surface area contributed by atoms with E-state index in [-0.39, 0.29) is 30.5 Å². The largest absolute Gasteiger partial charge is 0.357 e. The fraction of sp³-hybridized carbons (Fsp3) is 0.467. The number of halogens is 4. The number of rotatable bonds is 5. The van der Waals surface area contributed by atoms with Gasteiger partial charge in [0.05, 0.1) is 5.69 Å². The Morgan fingerprint density at radius 3 is 2.54 bits per heavy atom. The first-order valence-corrected chi connectivity index (χ1v) is 7.40. The standard InChI is InChI=1S/C15H19F3N4O.HI/c1-3-19-15(22-11-6-8(11)2)20-7-12(23)21-10-5-4-9(16)13(17)14(10)18;/h4-5,8,11H,3,6-7H2,1-2H3,(H,21,23)(H2,19,20,22);1H. The van der Waals surface area contributed by atoms with E-state index in [9.17, 15) is 18.0 Å². The molecule has 134 valence electrons. The van der Waals surface area contributed by atoms with Crippen molar-refractivity contribution in [1.82, 2.24) is 10.6 Å². The van der Waals surface area contributed by atoms with Crippen LogP contribution in [-0.2, 0) is 4.79 Å². The van der Waals surface area contributed by atoms with Gasteiger partial charge in [-0.2, -0.15) is 0 Å². The number of nitrogens with one attached hydrogen (secondary N) is 3. The summed E-state index contributed by atoms with van der Waals surface area (Å²) in [6.45, 7) is 4.35. The number of amides is 1. The number of benzene rings is 1. The Morgan fingerprint density at radius 1 is 1.29 bits per heavy atom. The summed E-state index contributed by atoms with van der Waals surface area (Å²) in [7, 11) is 0. The zero-order valence-electron chi connectivity index (χ0n) is 13.3. The highest BCUT2D eigenvalue weighted by molar-refractivity contribution is 14.0. The normalized spacial score (nSPS) is 19.3. The van der Waals surface area contributed by atoms with Gasteiger partial charge < -0.3 is 16.0 Å². The number of carbonyl (C=O) groups excluding carboxylic acids is 1. The third-order valence-electron chi connectivity index (χ3n) is 3.47. The van der Waals surface area contributed by atoms with Crippen LogP contribution in [0.25, 0.3) is 0 Å². The van der Waals surface area contributed by atoms with Crippen LogP contribution in [0.2, 0.25) is 0 Å². The Balaban J connectivity index is 0.00000288. The van der Waals surface area contributed by atoms with Crippen LogP contribution >= 0.6 is 24.0 Å². The molecule has 1 fully saturated rings. The molecule has 2 unspecified atom stereocenters. The summed E-state index contributed by atoms with van der Waals surface area (Å²) in [5.41, 5.74) is -0.419. The molecule has 5 nitrogen and oxygen atoms in total. The van der Waals surface area contributed by atoms with Crippen LogP contribution in [0.5, 0.6) is 0 Å². The zero-order valence-corrected chi connectivity index (χ0v) is 15.7. The molecule has 2 atom stereocenters. The molecule has 9 heteroatoms. The summed E-state index contributed by atoms with van der Waals surface area (Å²) in [5, 5.41) is 8.33. The van der Waals surface area contributed by atoms with E-state index < -0.39 is 29.0 Å². The highest BCUT2D eigenvalue weighted by Crippen LogP contribution is 2.28. The Bertz CT molecular complexity index is 627. The number of carbonyl (C=O) groups is 1. The molecule has 1 aliphatic carbocycles. The maximum Gasteiger partial charge on any atom is 0.246 e. The van der Waals surface area contributed by atoms with Crippen molar-refractivity contribution in [3.8, 4) is 0 Å². The van der Waals surface area contributed by atoms with Crippen molar-refractivity contribution in [2.24, 2.45) is 10.9 Å². The quantitative estimate of drug-likeness (QED) is 0.276. The Morgan fingerprint density at radius 2 is 1.96 bits per heavy atom. The number of aliphatic imine (C=N–C) groups is 1. The minimum absolute atomic E-state index is 0. The second-order valence-electron chi connectivity index (χ2n) is 5.43. The summed E-state index contributed by atoms with van der Waals surface area (Å²) < 4.78 is 39.4. The fourth-order valence-electron chi connectivity index (χ4n) is 1.98. The second-order valence-corrected chi connectivity index (χ2v) is 5.43. The van der Waals surface area contributed by atoms with E-state index in [1.165, 1.54) is 0 Å². The number of hydrogen-bond donors (Lipinski definition) is 3. The average Bonchev–Trinajstić information content (AvgIpc) is 3.21. The molecule has 1 aromatic rings. The van der Waals surface area contributed by atoms with Gasteiger partial charge >= 0.3 is 0 Å². The molecule has 0 radical (unpaired) electrons. The molecule has 24 heavy (non-hydrogen) atoms. The molecular formula is C15H20F3IN4O. The molecule has 1 aromatic carbocycles. The van der Waals surface area contributed by atoms with Crippen LogP contribution in [0.1, 0.15) is 20.3 Å². The third-order valence-corrected chi connectivity index (χ3v) is 3.47. The Labute approximate surface area is 155 Å². The summed E-state index contributed by atoms with van der Waals surface area (Å²) >= 11 is 0. The van der Waals surface area contributed by atoms with Gasteiger partial charge in [0, 0.05) is 12.6 Å². The van der Waals surface area contributed by atoms with Crippen molar-refractivity contribution in [3.05, 3.63) is 29.6 Å². The molecule has 0 spiro atoms. The number of nitrogens with zero attached hydrogens (tertiary/aromatic N) is 1. The van der Waals surface area contributed by atoms with Gasteiger partial charge in [-0.25, -0.2) is 18.2 Å². The van der Waals surface area contributed by atoms with Gasteiger partial charge in [-0.05, 0) is 31.4 Å². The summed E-state index contributed by atoms with van der Waals surface area (Å²) in [6, 6.07) is 2.04. The first-order valence-electron chi connectivity index (χ1n) is 7.40. The monoisotopic (exact) mass is 456 g/mol. The third kappa shape index (κ3) is 5.53. The average molecular weight is 456 g/mol. The number of anilines is 1. The van der Waals surface area contributed by atoms with Crippen molar-refractivity contribution in [1.29, 1.82) is 0 Å².